The molecular formula is C21H31N5O. The number of rotatable bonds is 5. The van der Waals surface area contributed by atoms with Gasteiger partial charge in [0.05, 0.1) is 5.69 Å². The van der Waals surface area contributed by atoms with E-state index >= 15 is 0 Å². The number of likely N-dealkylation sites (tertiary alicyclic amines) is 1. The number of aryl methyl sites for hydroxylation is 2. The molecule has 6 nitrogen and oxygen atoms in total. The van der Waals surface area contributed by atoms with E-state index in [-0.39, 0.29) is 11.9 Å². The molecule has 0 unspecified atom stereocenters. The Bertz CT molecular complexity index is 793. The summed E-state index contributed by atoms with van der Waals surface area (Å²) in [5.74, 6) is 1.20. The van der Waals surface area contributed by atoms with Crippen molar-refractivity contribution < 1.29 is 4.79 Å². The van der Waals surface area contributed by atoms with Gasteiger partial charge in [0.25, 0.3) is 0 Å². The topological polar surface area (TPSA) is 73.9 Å². The second kappa shape index (κ2) is 8.21. The molecule has 3 heterocycles. The first kappa shape index (κ1) is 19.5. The van der Waals surface area contributed by atoms with E-state index in [0.717, 1.165) is 42.2 Å². The van der Waals surface area contributed by atoms with E-state index in [9.17, 15) is 4.79 Å². The first-order valence-electron chi connectivity index (χ1n) is 9.84. The minimum absolute atomic E-state index is 0.0928. The standard InChI is InChI=1S/C21H31N5O/c1-13-9-19(10-14(2)22-13)11-18-7-6-8-26(12-18)16(4)20-15(3)21(25-24-20)23-17(5)27/h9-10,16,18H,6-8,11-12H2,1-5H3,(H2,23,24,25,27)/t16-,18+/m0/s1. The first-order chi connectivity index (χ1) is 12.8. The van der Waals surface area contributed by atoms with E-state index in [4.69, 9.17) is 0 Å². The van der Waals surface area contributed by atoms with Gasteiger partial charge < -0.3 is 5.32 Å². The zero-order valence-electron chi connectivity index (χ0n) is 17.1. The molecule has 6 heteroatoms. The molecular weight excluding hydrogens is 338 g/mol. The number of aromatic nitrogens is 3. The summed E-state index contributed by atoms with van der Waals surface area (Å²) in [5.41, 5.74) is 5.72. The molecule has 1 fully saturated rings. The SMILES string of the molecule is CC(=O)Nc1n[nH]c([C@H](C)N2CCC[C@H](Cc3cc(C)nc(C)c3)C2)c1C. The Morgan fingerprint density at radius 1 is 1.33 bits per heavy atom. The van der Waals surface area contributed by atoms with Crippen molar-refractivity contribution >= 4 is 11.7 Å². The van der Waals surface area contributed by atoms with Crippen LogP contribution in [0.4, 0.5) is 5.82 Å². The minimum atomic E-state index is -0.0928. The van der Waals surface area contributed by atoms with Crippen LogP contribution in [0.25, 0.3) is 0 Å². The number of carbonyl (C=O) groups excluding carboxylic acids is 1. The molecule has 1 saturated heterocycles. The van der Waals surface area contributed by atoms with Crippen LogP contribution in [0, 0.1) is 26.7 Å². The van der Waals surface area contributed by atoms with Gasteiger partial charge in [0.2, 0.25) is 5.91 Å². The van der Waals surface area contributed by atoms with Crippen molar-refractivity contribution in [2.45, 2.75) is 59.9 Å². The van der Waals surface area contributed by atoms with Gasteiger partial charge in [-0.15, -0.1) is 0 Å². The maximum atomic E-state index is 11.3. The normalized spacial score (nSPS) is 19.1. The summed E-state index contributed by atoms with van der Waals surface area (Å²) in [5, 5.41) is 10.2. The molecule has 3 rings (SSSR count). The van der Waals surface area contributed by atoms with E-state index in [1.807, 2.05) is 6.92 Å². The van der Waals surface area contributed by atoms with Gasteiger partial charge in [-0.1, -0.05) is 0 Å². The summed E-state index contributed by atoms with van der Waals surface area (Å²) in [4.78, 5) is 18.4. The Balaban J connectivity index is 1.68. The van der Waals surface area contributed by atoms with Gasteiger partial charge >= 0.3 is 0 Å². The van der Waals surface area contributed by atoms with Crippen molar-refractivity contribution in [3.05, 3.63) is 40.3 Å². The molecule has 0 aliphatic carbocycles. The van der Waals surface area contributed by atoms with E-state index in [1.54, 1.807) is 0 Å². The molecule has 2 atom stereocenters. The molecule has 1 aliphatic rings. The molecule has 0 aromatic carbocycles. The second-order valence-corrected chi connectivity index (χ2v) is 7.93. The van der Waals surface area contributed by atoms with E-state index in [0.29, 0.717) is 11.7 Å². The fraction of sp³-hybridized carbons (Fsp3) is 0.571. The van der Waals surface area contributed by atoms with Gasteiger partial charge in [0, 0.05) is 36.5 Å². The molecule has 0 bridgehead atoms. The van der Waals surface area contributed by atoms with Gasteiger partial charge in [-0.2, -0.15) is 5.10 Å². The number of aromatic amines is 1. The fourth-order valence-corrected chi connectivity index (χ4v) is 4.28. The van der Waals surface area contributed by atoms with Crippen molar-refractivity contribution in [1.82, 2.24) is 20.1 Å². The van der Waals surface area contributed by atoms with Crippen LogP contribution >= 0.6 is 0 Å². The number of carbonyl (C=O) groups is 1. The lowest BCUT2D eigenvalue weighted by Gasteiger charge is -2.36. The molecule has 2 N–H and O–H groups in total. The number of piperidine rings is 1. The van der Waals surface area contributed by atoms with Gasteiger partial charge in [-0.3, -0.25) is 19.8 Å². The average Bonchev–Trinajstić information content (AvgIpc) is 2.93. The number of nitrogens with one attached hydrogen (secondary N) is 2. The van der Waals surface area contributed by atoms with Crippen LogP contribution in [-0.4, -0.2) is 39.1 Å². The average molecular weight is 370 g/mol. The predicted octanol–water partition coefficient (Wildman–Crippen LogP) is 3.70. The third-order valence-corrected chi connectivity index (χ3v) is 5.52. The van der Waals surface area contributed by atoms with Crippen molar-refractivity contribution in [1.29, 1.82) is 0 Å². The summed E-state index contributed by atoms with van der Waals surface area (Å²) in [6.07, 6.45) is 3.58. The van der Waals surface area contributed by atoms with Gasteiger partial charge in [-0.25, -0.2) is 0 Å². The lowest BCUT2D eigenvalue weighted by atomic mass is 9.90. The molecule has 0 saturated carbocycles. The van der Waals surface area contributed by atoms with Crippen molar-refractivity contribution in [2.75, 3.05) is 18.4 Å². The Morgan fingerprint density at radius 3 is 2.70 bits per heavy atom. The van der Waals surface area contributed by atoms with E-state index in [2.05, 4.69) is 58.3 Å². The number of amides is 1. The molecule has 2 aromatic rings. The highest BCUT2D eigenvalue weighted by atomic mass is 16.1. The number of hydrogen-bond donors (Lipinski definition) is 2. The highest BCUT2D eigenvalue weighted by molar-refractivity contribution is 5.88. The first-order valence-corrected chi connectivity index (χ1v) is 9.84. The largest absolute Gasteiger partial charge is 0.309 e. The third-order valence-electron chi connectivity index (χ3n) is 5.52. The number of nitrogens with zero attached hydrogens (tertiary/aromatic N) is 3. The quantitative estimate of drug-likeness (QED) is 0.843. The van der Waals surface area contributed by atoms with Crippen LogP contribution in [0.3, 0.4) is 0 Å². The lowest BCUT2D eigenvalue weighted by molar-refractivity contribution is -0.114. The Hall–Kier alpha value is -2.21. The fourth-order valence-electron chi connectivity index (χ4n) is 4.28. The molecule has 146 valence electrons. The Kier molecular flexibility index (Phi) is 5.95. The van der Waals surface area contributed by atoms with Crippen LogP contribution < -0.4 is 5.32 Å². The maximum Gasteiger partial charge on any atom is 0.222 e. The van der Waals surface area contributed by atoms with Gasteiger partial charge in [-0.05, 0) is 77.1 Å². The van der Waals surface area contributed by atoms with Crippen LogP contribution in [0.15, 0.2) is 12.1 Å². The Morgan fingerprint density at radius 2 is 2.04 bits per heavy atom. The molecule has 1 amide bonds. The van der Waals surface area contributed by atoms with Crippen LogP contribution in [0.1, 0.15) is 60.9 Å². The number of anilines is 1. The summed E-state index contributed by atoms with van der Waals surface area (Å²) in [6, 6.07) is 4.69. The van der Waals surface area contributed by atoms with Gasteiger partial charge in [0.15, 0.2) is 5.82 Å². The molecule has 1 aliphatic heterocycles. The number of H-pyrrole nitrogens is 1. The summed E-state index contributed by atoms with van der Waals surface area (Å²) in [7, 11) is 0. The monoisotopic (exact) mass is 369 g/mol. The summed E-state index contributed by atoms with van der Waals surface area (Å²) in [6.45, 7) is 12.1. The number of pyridine rings is 1. The predicted molar refractivity (Wildman–Crippen MR) is 108 cm³/mol. The minimum Gasteiger partial charge on any atom is -0.309 e. The van der Waals surface area contributed by atoms with Crippen LogP contribution in [-0.2, 0) is 11.2 Å². The molecule has 0 radical (unpaired) electrons. The van der Waals surface area contributed by atoms with Crippen molar-refractivity contribution in [2.24, 2.45) is 5.92 Å². The lowest BCUT2D eigenvalue weighted by Crippen LogP contribution is -2.38. The molecule has 0 spiro atoms. The molecule has 2 aromatic heterocycles. The van der Waals surface area contributed by atoms with Crippen LogP contribution in [0.5, 0.6) is 0 Å². The highest BCUT2D eigenvalue weighted by Crippen LogP contribution is 2.30. The molecule has 27 heavy (non-hydrogen) atoms. The summed E-state index contributed by atoms with van der Waals surface area (Å²) < 4.78 is 0. The highest BCUT2D eigenvalue weighted by Gasteiger charge is 2.27. The summed E-state index contributed by atoms with van der Waals surface area (Å²) >= 11 is 0. The number of hydrogen-bond acceptors (Lipinski definition) is 4. The van der Waals surface area contributed by atoms with Gasteiger partial charge in [0.1, 0.15) is 0 Å². The van der Waals surface area contributed by atoms with E-state index in [1.165, 1.54) is 25.3 Å². The Labute approximate surface area is 161 Å². The van der Waals surface area contributed by atoms with E-state index < -0.39 is 0 Å². The smallest absolute Gasteiger partial charge is 0.222 e. The zero-order chi connectivity index (χ0) is 19.6. The maximum absolute atomic E-state index is 11.3. The zero-order valence-corrected chi connectivity index (χ0v) is 17.1. The van der Waals surface area contributed by atoms with Crippen molar-refractivity contribution in [3.8, 4) is 0 Å². The third kappa shape index (κ3) is 4.75. The second-order valence-electron chi connectivity index (χ2n) is 7.93. The van der Waals surface area contributed by atoms with Crippen molar-refractivity contribution in [3.63, 3.8) is 0 Å². The van der Waals surface area contributed by atoms with Crippen LogP contribution in [0.2, 0.25) is 0 Å².